The van der Waals surface area contributed by atoms with E-state index in [2.05, 4.69) is 86.2 Å². The van der Waals surface area contributed by atoms with Crippen LogP contribution in [0.3, 0.4) is 0 Å². The molecule has 3 aromatic rings. The van der Waals surface area contributed by atoms with Crippen molar-refractivity contribution in [1.29, 1.82) is 0 Å². The number of anilines is 1. The largest absolute Gasteiger partial charge is 0.404 e. The van der Waals surface area contributed by atoms with Crippen molar-refractivity contribution in [1.82, 2.24) is 9.55 Å². The average molecular weight is 530 g/mol. The van der Waals surface area contributed by atoms with Crippen LogP contribution in [0.2, 0.25) is 5.04 Å². The molecule has 1 amide bonds. The van der Waals surface area contributed by atoms with E-state index < -0.39 is 25.8 Å². The van der Waals surface area contributed by atoms with Crippen molar-refractivity contribution in [2.75, 3.05) is 11.9 Å². The number of benzene rings is 2. The lowest BCUT2D eigenvalue weighted by molar-refractivity contribution is -0.114. The normalized spacial score (nSPS) is 19.3. The molecule has 8 heteroatoms. The van der Waals surface area contributed by atoms with Gasteiger partial charge in [-0.2, -0.15) is 4.98 Å². The Morgan fingerprint density at radius 3 is 2.24 bits per heavy atom. The van der Waals surface area contributed by atoms with Crippen LogP contribution in [0.1, 0.15) is 40.3 Å². The molecule has 38 heavy (non-hydrogen) atoms. The Morgan fingerprint density at radius 1 is 1.13 bits per heavy atom. The van der Waals surface area contributed by atoms with Gasteiger partial charge in [-0.1, -0.05) is 87.5 Å². The number of hydrogen-bond donors (Lipinski definition) is 1. The van der Waals surface area contributed by atoms with Crippen molar-refractivity contribution in [2.24, 2.45) is 0 Å². The summed E-state index contributed by atoms with van der Waals surface area (Å²) in [7, 11) is -2.80. The van der Waals surface area contributed by atoms with Crippen molar-refractivity contribution < 1.29 is 14.0 Å². The van der Waals surface area contributed by atoms with Crippen LogP contribution in [0.5, 0.6) is 0 Å². The zero-order chi connectivity index (χ0) is 27.4. The van der Waals surface area contributed by atoms with E-state index in [9.17, 15) is 9.59 Å². The summed E-state index contributed by atoms with van der Waals surface area (Å²) in [5.41, 5.74) is -1.33. The van der Waals surface area contributed by atoms with Crippen molar-refractivity contribution in [2.45, 2.75) is 51.0 Å². The SMILES string of the molecule is C=CC[C@]1(CO[Si](c2ccccc2)(c2ccccc2)C(C)(C)C)C=C[C@H](n2ccc(NC(C)=O)nc2=O)O1. The van der Waals surface area contributed by atoms with E-state index in [0.29, 0.717) is 6.42 Å². The maximum atomic E-state index is 12.7. The van der Waals surface area contributed by atoms with Gasteiger partial charge in [0.2, 0.25) is 5.91 Å². The third kappa shape index (κ3) is 5.48. The number of nitrogens with zero attached hydrogens (tertiary/aromatic N) is 2. The summed E-state index contributed by atoms with van der Waals surface area (Å²) in [5, 5.41) is 4.70. The molecule has 0 bridgehead atoms. The summed E-state index contributed by atoms with van der Waals surface area (Å²) >= 11 is 0. The first kappa shape index (κ1) is 27.4. The number of rotatable bonds is 9. The van der Waals surface area contributed by atoms with Gasteiger partial charge in [0, 0.05) is 19.5 Å². The van der Waals surface area contributed by atoms with Crippen LogP contribution in [-0.4, -0.2) is 36.0 Å². The minimum absolute atomic E-state index is 0.187. The van der Waals surface area contributed by atoms with E-state index in [-0.39, 0.29) is 23.4 Å². The van der Waals surface area contributed by atoms with Gasteiger partial charge in [-0.05, 0) is 33.6 Å². The van der Waals surface area contributed by atoms with Gasteiger partial charge >= 0.3 is 5.69 Å². The maximum absolute atomic E-state index is 12.7. The Hall–Kier alpha value is -3.59. The third-order valence-electron chi connectivity index (χ3n) is 6.77. The van der Waals surface area contributed by atoms with Crippen LogP contribution in [0.4, 0.5) is 5.82 Å². The van der Waals surface area contributed by atoms with Crippen LogP contribution in [-0.2, 0) is 14.0 Å². The van der Waals surface area contributed by atoms with Crippen LogP contribution in [0, 0.1) is 0 Å². The lowest BCUT2D eigenvalue weighted by atomic mass is 10.0. The van der Waals surface area contributed by atoms with E-state index in [1.807, 2.05) is 30.4 Å². The summed E-state index contributed by atoms with van der Waals surface area (Å²) in [6, 6.07) is 22.5. The molecule has 0 aliphatic carbocycles. The van der Waals surface area contributed by atoms with Crippen molar-refractivity contribution in [3.8, 4) is 0 Å². The first-order valence-corrected chi connectivity index (χ1v) is 14.6. The second kappa shape index (κ2) is 11.0. The van der Waals surface area contributed by atoms with Crippen molar-refractivity contribution >= 4 is 30.4 Å². The highest BCUT2D eigenvalue weighted by Crippen LogP contribution is 2.39. The van der Waals surface area contributed by atoms with E-state index in [1.165, 1.54) is 21.9 Å². The van der Waals surface area contributed by atoms with Gasteiger partial charge in [0.1, 0.15) is 11.4 Å². The van der Waals surface area contributed by atoms with E-state index in [4.69, 9.17) is 9.16 Å². The molecule has 1 aliphatic rings. The Balaban J connectivity index is 1.68. The molecule has 0 unspecified atom stereocenters. The maximum Gasteiger partial charge on any atom is 0.351 e. The highest BCUT2D eigenvalue weighted by molar-refractivity contribution is 6.99. The lowest BCUT2D eigenvalue weighted by Gasteiger charge is -2.44. The van der Waals surface area contributed by atoms with Gasteiger partial charge < -0.3 is 14.5 Å². The summed E-state index contributed by atoms with van der Waals surface area (Å²) in [6.07, 6.45) is 7.03. The van der Waals surface area contributed by atoms with E-state index in [0.717, 1.165) is 0 Å². The number of hydrogen-bond acceptors (Lipinski definition) is 5. The van der Waals surface area contributed by atoms with Gasteiger partial charge in [0.05, 0.1) is 6.61 Å². The molecule has 1 aliphatic heterocycles. The average Bonchev–Trinajstić information content (AvgIpc) is 3.28. The number of amides is 1. The van der Waals surface area contributed by atoms with Crippen LogP contribution >= 0.6 is 0 Å². The van der Waals surface area contributed by atoms with Gasteiger partial charge in [0.15, 0.2) is 6.23 Å². The zero-order valence-corrected chi connectivity index (χ0v) is 23.4. The van der Waals surface area contributed by atoms with Gasteiger partial charge in [-0.15, -0.1) is 6.58 Å². The predicted octanol–water partition coefficient (Wildman–Crippen LogP) is 4.18. The molecule has 0 spiro atoms. The highest BCUT2D eigenvalue weighted by Gasteiger charge is 2.52. The number of ether oxygens (including phenoxy) is 1. The van der Waals surface area contributed by atoms with Gasteiger partial charge in [-0.25, -0.2) is 4.79 Å². The topological polar surface area (TPSA) is 82.5 Å². The molecule has 1 N–H and O–H groups in total. The zero-order valence-electron chi connectivity index (χ0n) is 22.4. The van der Waals surface area contributed by atoms with Crippen molar-refractivity contribution in [3.63, 3.8) is 0 Å². The predicted molar refractivity (Wildman–Crippen MR) is 153 cm³/mol. The van der Waals surface area contributed by atoms with Gasteiger partial charge in [-0.3, -0.25) is 9.36 Å². The minimum atomic E-state index is -2.80. The number of aromatic nitrogens is 2. The third-order valence-corrected chi connectivity index (χ3v) is 11.8. The highest BCUT2D eigenvalue weighted by atomic mass is 28.4. The van der Waals surface area contributed by atoms with E-state index in [1.54, 1.807) is 12.3 Å². The lowest BCUT2D eigenvalue weighted by Crippen LogP contribution is -2.67. The summed E-state index contributed by atoms with van der Waals surface area (Å²) in [4.78, 5) is 28.0. The molecule has 7 nitrogen and oxygen atoms in total. The number of carbonyl (C=O) groups is 1. The van der Waals surface area contributed by atoms with Gasteiger partial charge in [0.25, 0.3) is 8.32 Å². The molecular weight excluding hydrogens is 494 g/mol. The Morgan fingerprint density at radius 2 is 1.74 bits per heavy atom. The molecule has 0 fully saturated rings. The minimum Gasteiger partial charge on any atom is -0.404 e. The number of nitrogens with one attached hydrogen (secondary N) is 1. The molecule has 0 saturated carbocycles. The molecular formula is C30H35N3O4Si. The fourth-order valence-corrected chi connectivity index (χ4v) is 9.69. The molecule has 1 aromatic heterocycles. The number of carbonyl (C=O) groups excluding carboxylic acids is 1. The Labute approximate surface area is 225 Å². The van der Waals surface area contributed by atoms with Crippen LogP contribution < -0.4 is 21.4 Å². The fraction of sp³-hybridized carbons (Fsp3) is 0.300. The fourth-order valence-electron chi connectivity index (χ4n) is 5.08. The first-order chi connectivity index (χ1) is 18.1. The molecule has 2 atom stereocenters. The molecule has 4 rings (SSSR count). The first-order valence-electron chi connectivity index (χ1n) is 12.7. The second-order valence-corrected chi connectivity index (χ2v) is 14.9. The second-order valence-electron chi connectivity index (χ2n) is 10.6. The van der Waals surface area contributed by atoms with Crippen LogP contribution in [0.15, 0.2) is 103 Å². The summed E-state index contributed by atoms with van der Waals surface area (Å²) in [6.45, 7) is 12.3. The molecule has 0 saturated heterocycles. The van der Waals surface area contributed by atoms with Crippen LogP contribution in [0.25, 0.3) is 0 Å². The molecule has 0 radical (unpaired) electrons. The standard InChI is InChI=1S/C30H35N3O4Si/c1-6-19-30(20-17-27(37-30)33-21-18-26(31-23(2)34)32-28(33)35)22-36-38(29(3,4)5,24-13-9-7-10-14-24)25-15-11-8-12-16-25/h6-18,20-21,27H,1,19,22H2,2-5H3,(H,31,32,34,35)/t27-,30-/m1/s1. The monoisotopic (exact) mass is 529 g/mol. The molecule has 198 valence electrons. The molecule has 2 aromatic carbocycles. The Kier molecular flexibility index (Phi) is 7.96. The quantitative estimate of drug-likeness (QED) is 0.332. The smallest absolute Gasteiger partial charge is 0.351 e. The van der Waals surface area contributed by atoms with E-state index >= 15 is 0 Å². The molecule has 2 heterocycles. The summed E-state index contributed by atoms with van der Waals surface area (Å²) in [5.74, 6) is -0.0924. The van der Waals surface area contributed by atoms with Crippen molar-refractivity contribution in [3.05, 3.63) is 108 Å². The summed E-state index contributed by atoms with van der Waals surface area (Å²) < 4.78 is 15.1. The Bertz CT molecular complexity index is 1330.